The van der Waals surface area contributed by atoms with Crippen LogP contribution in [0.2, 0.25) is 0 Å². The Balaban J connectivity index is 1.97. The fraction of sp³-hybridized carbons (Fsp3) is 0.214. The summed E-state index contributed by atoms with van der Waals surface area (Å²) in [7, 11) is 1.68. The molecule has 0 radical (unpaired) electrons. The number of nitrogens with one attached hydrogen (secondary N) is 1. The molecule has 0 bridgehead atoms. The lowest BCUT2D eigenvalue weighted by Crippen LogP contribution is -2.01. The van der Waals surface area contributed by atoms with Gasteiger partial charge in [-0.1, -0.05) is 12.1 Å². The summed E-state index contributed by atoms with van der Waals surface area (Å²) in [5.74, 6) is 0.181. The van der Waals surface area contributed by atoms with E-state index in [1.807, 2.05) is 24.3 Å². The van der Waals surface area contributed by atoms with Crippen molar-refractivity contribution in [2.24, 2.45) is 0 Å². The molecule has 1 aromatic heterocycles. The maximum Gasteiger partial charge on any atom is 0.133 e. The van der Waals surface area contributed by atoms with E-state index in [9.17, 15) is 0 Å². The van der Waals surface area contributed by atoms with E-state index in [0.29, 0.717) is 13.2 Å². The first-order chi connectivity index (χ1) is 8.78. The molecule has 0 unspecified atom stereocenters. The normalized spacial score (nSPS) is 10.3. The number of benzene rings is 1. The van der Waals surface area contributed by atoms with Gasteiger partial charge in [-0.25, -0.2) is 0 Å². The SMILES string of the molecule is COCc1cccc(NCc2ccc(O)cn2)c1. The van der Waals surface area contributed by atoms with Crippen LogP contribution in [0.3, 0.4) is 0 Å². The second-order valence-corrected chi connectivity index (χ2v) is 3.99. The minimum Gasteiger partial charge on any atom is -0.506 e. The van der Waals surface area contributed by atoms with E-state index in [4.69, 9.17) is 9.84 Å². The number of aromatic hydroxyl groups is 1. The van der Waals surface area contributed by atoms with E-state index in [1.54, 1.807) is 19.2 Å². The van der Waals surface area contributed by atoms with Crippen molar-refractivity contribution in [1.29, 1.82) is 0 Å². The highest BCUT2D eigenvalue weighted by Gasteiger charge is 1.97. The molecule has 0 aliphatic carbocycles. The maximum absolute atomic E-state index is 9.14. The summed E-state index contributed by atoms with van der Waals surface area (Å²) in [5.41, 5.74) is 3.03. The van der Waals surface area contributed by atoms with E-state index < -0.39 is 0 Å². The summed E-state index contributed by atoms with van der Waals surface area (Å²) >= 11 is 0. The van der Waals surface area contributed by atoms with Crippen LogP contribution < -0.4 is 5.32 Å². The van der Waals surface area contributed by atoms with Gasteiger partial charge in [0.1, 0.15) is 5.75 Å². The molecule has 2 rings (SSSR count). The molecule has 0 amide bonds. The predicted octanol–water partition coefficient (Wildman–Crippen LogP) is 2.55. The number of methoxy groups -OCH3 is 1. The largest absolute Gasteiger partial charge is 0.506 e. The second kappa shape index (κ2) is 6.02. The lowest BCUT2D eigenvalue weighted by Gasteiger charge is -2.08. The Morgan fingerprint density at radius 2 is 2.17 bits per heavy atom. The Kier molecular flexibility index (Phi) is 4.15. The van der Waals surface area contributed by atoms with Gasteiger partial charge in [0, 0.05) is 12.8 Å². The summed E-state index contributed by atoms with van der Waals surface area (Å²) in [6.45, 7) is 1.23. The minimum absolute atomic E-state index is 0.181. The molecule has 1 heterocycles. The number of aromatic nitrogens is 1. The first-order valence-corrected chi connectivity index (χ1v) is 5.73. The summed E-state index contributed by atoms with van der Waals surface area (Å²) in [6, 6.07) is 11.5. The number of rotatable bonds is 5. The Morgan fingerprint density at radius 1 is 1.28 bits per heavy atom. The van der Waals surface area contributed by atoms with Gasteiger partial charge in [-0.3, -0.25) is 4.98 Å². The van der Waals surface area contributed by atoms with Crippen LogP contribution in [0.15, 0.2) is 42.6 Å². The van der Waals surface area contributed by atoms with E-state index in [0.717, 1.165) is 16.9 Å². The van der Waals surface area contributed by atoms with Crippen LogP contribution in [0.4, 0.5) is 5.69 Å². The smallest absolute Gasteiger partial charge is 0.133 e. The van der Waals surface area contributed by atoms with Crippen molar-refractivity contribution in [2.75, 3.05) is 12.4 Å². The molecule has 0 fully saturated rings. The predicted molar refractivity (Wildman–Crippen MR) is 70.4 cm³/mol. The van der Waals surface area contributed by atoms with Gasteiger partial charge >= 0.3 is 0 Å². The van der Waals surface area contributed by atoms with E-state index in [2.05, 4.69) is 10.3 Å². The molecule has 94 valence electrons. The number of nitrogens with zero attached hydrogens (tertiary/aromatic N) is 1. The number of anilines is 1. The number of ether oxygens (including phenoxy) is 1. The van der Waals surface area contributed by atoms with Crippen molar-refractivity contribution >= 4 is 5.69 Å². The summed E-state index contributed by atoms with van der Waals surface area (Å²) in [4.78, 5) is 4.11. The molecule has 4 nitrogen and oxygen atoms in total. The Labute approximate surface area is 106 Å². The zero-order valence-corrected chi connectivity index (χ0v) is 10.3. The molecule has 2 N–H and O–H groups in total. The van der Waals surface area contributed by atoms with E-state index >= 15 is 0 Å². The molecule has 0 aliphatic heterocycles. The highest BCUT2D eigenvalue weighted by molar-refractivity contribution is 5.45. The van der Waals surface area contributed by atoms with Crippen molar-refractivity contribution < 1.29 is 9.84 Å². The first kappa shape index (κ1) is 12.4. The molecule has 0 saturated heterocycles. The topological polar surface area (TPSA) is 54.4 Å². The molecule has 0 atom stereocenters. The third kappa shape index (κ3) is 3.46. The monoisotopic (exact) mass is 244 g/mol. The van der Waals surface area contributed by atoms with Crippen molar-refractivity contribution in [2.45, 2.75) is 13.2 Å². The summed E-state index contributed by atoms with van der Waals surface area (Å²) < 4.78 is 5.09. The van der Waals surface area contributed by atoms with Crippen LogP contribution in [0, 0.1) is 0 Å². The Bertz CT molecular complexity index is 497. The van der Waals surface area contributed by atoms with Gasteiger partial charge in [-0.2, -0.15) is 0 Å². The molecule has 1 aromatic carbocycles. The van der Waals surface area contributed by atoms with Crippen molar-refractivity contribution in [1.82, 2.24) is 4.98 Å². The average molecular weight is 244 g/mol. The van der Waals surface area contributed by atoms with Gasteiger partial charge < -0.3 is 15.2 Å². The van der Waals surface area contributed by atoms with Crippen LogP contribution in [0.25, 0.3) is 0 Å². The summed E-state index contributed by atoms with van der Waals surface area (Å²) in [5, 5.41) is 12.4. The zero-order valence-electron chi connectivity index (χ0n) is 10.3. The number of hydrogen-bond acceptors (Lipinski definition) is 4. The first-order valence-electron chi connectivity index (χ1n) is 5.73. The lowest BCUT2D eigenvalue weighted by atomic mass is 10.2. The Hall–Kier alpha value is -2.07. The lowest BCUT2D eigenvalue weighted by molar-refractivity contribution is 0.185. The molecule has 0 saturated carbocycles. The minimum atomic E-state index is 0.181. The highest BCUT2D eigenvalue weighted by atomic mass is 16.5. The van der Waals surface area contributed by atoms with Gasteiger partial charge in [0.05, 0.1) is 25.0 Å². The average Bonchev–Trinajstić information content (AvgIpc) is 2.39. The zero-order chi connectivity index (χ0) is 12.8. The van der Waals surface area contributed by atoms with Crippen LogP contribution in [-0.2, 0) is 17.9 Å². The molecule has 0 spiro atoms. The molecule has 4 heteroatoms. The van der Waals surface area contributed by atoms with Crippen LogP contribution in [-0.4, -0.2) is 17.2 Å². The van der Waals surface area contributed by atoms with E-state index in [-0.39, 0.29) is 5.75 Å². The van der Waals surface area contributed by atoms with Gasteiger partial charge in [-0.15, -0.1) is 0 Å². The van der Waals surface area contributed by atoms with Gasteiger partial charge in [0.2, 0.25) is 0 Å². The fourth-order valence-electron chi connectivity index (χ4n) is 1.65. The highest BCUT2D eigenvalue weighted by Crippen LogP contribution is 2.13. The molecular weight excluding hydrogens is 228 g/mol. The number of hydrogen-bond donors (Lipinski definition) is 2. The van der Waals surface area contributed by atoms with Crippen LogP contribution in [0.1, 0.15) is 11.3 Å². The Morgan fingerprint density at radius 3 is 2.89 bits per heavy atom. The second-order valence-electron chi connectivity index (χ2n) is 3.99. The molecule has 0 aliphatic rings. The van der Waals surface area contributed by atoms with Crippen molar-refractivity contribution in [3.63, 3.8) is 0 Å². The number of pyridine rings is 1. The third-order valence-electron chi connectivity index (χ3n) is 2.52. The van der Waals surface area contributed by atoms with Crippen molar-refractivity contribution in [3.8, 4) is 5.75 Å². The van der Waals surface area contributed by atoms with Gasteiger partial charge in [0.15, 0.2) is 0 Å². The van der Waals surface area contributed by atoms with Crippen molar-refractivity contribution in [3.05, 3.63) is 53.9 Å². The van der Waals surface area contributed by atoms with Gasteiger partial charge in [0.25, 0.3) is 0 Å². The molecular formula is C14H16N2O2. The molecule has 18 heavy (non-hydrogen) atoms. The standard InChI is InChI=1S/C14H16N2O2/c1-18-10-11-3-2-4-12(7-11)15-8-13-5-6-14(17)9-16-13/h2-7,9,15,17H,8,10H2,1H3. The van der Waals surface area contributed by atoms with E-state index in [1.165, 1.54) is 6.20 Å². The maximum atomic E-state index is 9.14. The van der Waals surface area contributed by atoms with Crippen LogP contribution in [0.5, 0.6) is 5.75 Å². The summed E-state index contributed by atoms with van der Waals surface area (Å²) in [6.07, 6.45) is 1.44. The van der Waals surface area contributed by atoms with Crippen LogP contribution >= 0.6 is 0 Å². The molecule has 2 aromatic rings. The van der Waals surface area contributed by atoms with Gasteiger partial charge in [-0.05, 0) is 29.8 Å². The third-order valence-corrected chi connectivity index (χ3v) is 2.52. The quantitative estimate of drug-likeness (QED) is 0.848. The fourth-order valence-corrected chi connectivity index (χ4v) is 1.65.